The highest BCUT2D eigenvalue weighted by Crippen LogP contribution is 2.39. The quantitative estimate of drug-likeness (QED) is 0.335. The maximum absolute atomic E-state index is 13.0. The van der Waals surface area contributed by atoms with E-state index >= 15 is 0 Å². The second-order valence-electron chi connectivity index (χ2n) is 9.45. The number of carbonyl (C=O) groups excluding carboxylic acids is 3. The van der Waals surface area contributed by atoms with Crippen molar-refractivity contribution < 1.29 is 34.8 Å². The van der Waals surface area contributed by atoms with E-state index < -0.39 is 36.1 Å². The number of nitrogens with zero attached hydrogens (tertiary/aromatic N) is 1. The molecule has 0 bridgehead atoms. The molecule has 1 heterocycles. The minimum Gasteiger partial charge on any atom is -0.507 e. The van der Waals surface area contributed by atoms with Crippen molar-refractivity contribution >= 4 is 17.3 Å². The standard InChI is InChI=1S/C27H33NO7/c1-17(31)12-25(34)27(35,16-30)20(9-11-29)13-18-14-22-19(5-7-21-4-2-3-10-28-21)6-8-23(32)26(22)24(33)15-18/h2-4,6,8,10,18,20,29-30,32,35H,5,7,9,11-16H2,1H3/t18-,20-,27-/m1/s1. The van der Waals surface area contributed by atoms with Crippen LogP contribution >= 0.6 is 0 Å². The summed E-state index contributed by atoms with van der Waals surface area (Å²) < 4.78 is 0. The largest absolute Gasteiger partial charge is 0.507 e. The maximum atomic E-state index is 13.0. The van der Waals surface area contributed by atoms with Gasteiger partial charge < -0.3 is 20.4 Å². The number of pyridine rings is 1. The Morgan fingerprint density at radius 1 is 1.14 bits per heavy atom. The molecule has 0 amide bonds. The minimum atomic E-state index is -2.18. The summed E-state index contributed by atoms with van der Waals surface area (Å²) in [6.07, 6.45) is 3.26. The van der Waals surface area contributed by atoms with Gasteiger partial charge in [0.1, 0.15) is 17.1 Å². The maximum Gasteiger partial charge on any atom is 0.174 e. The molecule has 0 saturated carbocycles. The molecule has 0 saturated heterocycles. The highest BCUT2D eigenvalue weighted by atomic mass is 16.3. The van der Waals surface area contributed by atoms with Crippen LogP contribution in [0, 0.1) is 11.8 Å². The van der Waals surface area contributed by atoms with Gasteiger partial charge in [0.05, 0.1) is 18.6 Å². The summed E-state index contributed by atoms with van der Waals surface area (Å²) in [4.78, 5) is 41.5. The Hall–Kier alpha value is -2.94. The Bertz CT molecular complexity index is 1070. The average molecular weight is 484 g/mol. The molecule has 0 fully saturated rings. The van der Waals surface area contributed by atoms with Gasteiger partial charge in [-0.2, -0.15) is 0 Å². The number of Topliss-reactive ketones (excluding diaryl/α,β-unsaturated/α-hetero) is 3. The van der Waals surface area contributed by atoms with E-state index in [9.17, 15) is 34.8 Å². The highest BCUT2D eigenvalue weighted by molar-refractivity contribution is 6.02. The van der Waals surface area contributed by atoms with Crippen molar-refractivity contribution in [3.63, 3.8) is 0 Å². The lowest BCUT2D eigenvalue weighted by Crippen LogP contribution is -2.51. The zero-order valence-electron chi connectivity index (χ0n) is 19.9. The number of fused-ring (bicyclic) bond motifs is 1. The molecule has 1 aliphatic rings. The summed E-state index contributed by atoms with van der Waals surface area (Å²) in [7, 11) is 0. The Labute approximate surface area is 204 Å². The van der Waals surface area contributed by atoms with Crippen molar-refractivity contribution in [1.29, 1.82) is 0 Å². The van der Waals surface area contributed by atoms with Gasteiger partial charge in [0.15, 0.2) is 11.6 Å². The number of aromatic hydroxyl groups is 1. The molecule has 35 heavy (non-hydrogen) atoms. The van der Waals surface area contributed by atoms with Gasteiger partial charge in [-0.3, -0.25) is 19.4 Å². The molecule has 4 N–H and O–H groups in total. The predicted molar refractivity (Wildman–Crippen MR) is 128 cm³/mol. The highest BCUT2D eigenvalue weighted by Gasteiger charge is 2.44. The van der Waals surface area contributed by atoms with Gasteiger partial charge in [-0.25, -0.2) is 0 Å². The number of aliphatic hydroxyl groups excluding tert-OH is 2. The third-order valence-corrected chi connectivity index (χ3v) is 6.91. The summed E-state index contributed by atoms with van der Waals surface area (Å²) in [6, 6.07) is 9.01. The Morgan fingerprint density at radius 3 is 2.54 bits per heavy atom. The fraction of sp³-hybridized carbons (Fsp3) is 0.481. The topological polar surface area (TPSA) is 145 Å². The van der Waals surface area contributed by atoms with Crippen LogP contribution in [0.15, 0.2) is 36.5 Å². The molecule has 8 heteroatoms. The first kappa shape index (κ1) is 26.7. The molecule has 1 aromatic carbocycles. The van der Waals surface area contributed by atoms with Crippen LogP contribution in [-0.4, -0.2) is 61.6 Å². The number of carbonyl (C=O) groups is 3. The molecular weight excluding hydrogens is 450 g/mol. The molecule has 2 aromatic rings. The van der Waals surface area contributed by atoms with Crippen LogP contribution in [0.1, 0.15) is 59.8 Å². The first-order valence-electron chi connectivity index (χ1n) is 11.9. The first-order chi connectivity index (χ1) is 16.7. The third-order valence-electron chi connectivity index (χ3n) is 6.91. The number of phenols is 1. The van der Waals surface area contributed by atoms with Crippen molar-refractivity contribution in [2.45, 2.75) is 57.5 Å². The van der Waals surface area contributed by atoms with E-state index in [1.54, 1.807) is 12.3 Å². The van der Waals surface area contributed by atoms with Crippen LogP contribution in [0.3, 0.4) is 0 Å². The summed E-state index contributed by atoms with van der Waals surface area (Å²) in [6.45, 7) is 0.0251. The van der Waals surface area contributed by atoms with Gasteiger partial charge >= 0.3 is 0 Å². The molecule has 0 spiro atoms. The smallest absolute Gasteiger partial charge is 0.174 e. The lowest BCUT2D eigenvalue weighted by atomic mass is 9.71. The van der Waals surface area contributed by atoms with E-state index in [1.807, 2.05) is 18.2 Å². The summed E-state index contributed by atoms with van der Waals surface area (Å²) in [5.41, 5.74) is 0.702. The van der Waals surface area contributed by atoms with Crippen molar-refractivity contribution in [1.82, 2.24) is 4.98 Å². The normalized spacial score (nSPS) is 17.9. The van der Waals surface area contributed by atoms with Crippen molar-refractivity contribution in [2.24, 2.45) is 11.8 Å². The number of ketones is 3. The predicted octanol–water partition coefficient (Wildman–Crippen LogP) is 1.98. The van der Waals surface area contributed by atoms with Crippen molar-refractivity contribution in [3.8, 4) is 5.75 Å². The van der Waals surface area contributed by atoms with Gasteiger partial charge in [0, 0.05) is 24.9 Å². The zero-order valence-corrected chi connectivity index (χ0v) is 19.9. The van der Waals surface area contributed by atoms with Crippen LogP contribution in [0.4, 0.5) is 0 Å². The van der Waals surface area contributed by atoms with Gasteiger partial charge in [-0.15, -0.1) is 0 Å². The van der Waals surface area contributed by atoms with E-state index in [0.29, 0.717) is 24.8 Å². The number of hydrogen-bond donors (Lipinski definition) is 4. The molecule has 0 unspecified atom stereocenters. The number of aryl methyl sites for hydroxylation is 2. The van der Waals surface area contributed by atoms with Crippen LogP contribution in [-0.2, 0) is 28.9 Å². The summed E-state index contributed by atoms with van der Waals surface area (Å²) in [5, 5.41) is 40.9. The van der Waals surface area contributed by atoms with Crippen LogP contribution in [0.25, 0.3) is 0 Å². The number of aromatic nitrogens is 1. The molecule has 188 valence electrons. The van der Waals surface area contributed by atoms with Crippen LogP contribution in [0.5, 0.6) is 5.75 Å². The van der Waals surface area contributed by atoms with Gasteiger partial charge in [-0.05, 0) is 80.2 Å². The number of benzene rings is 1. The minimum absolute atomic E-state index is 0.0326. The third kappa shape index (κ3) is 6.20. The zero-order chi connectivity index (χ0) is 25.6. The number of aliphatic hydroxyl groups is 3. The fourth-order valence-corrected chi connectivity index (χ4v) is 5.09. The van der Waals surface area contributed by atoms with E-state index in [2.05, 4.69) is 4.98 Å². The average Bonchev–Trinajstić information content (AvgIpc) is 2.82. The summed E-state index contributed by atoms with van der Waals surface area (Å²) in [5.74, 6) is -2.62. The second-order valence-corrected chi connectivity index (χ2v) is 9.45. The van der Waals surface area contributed by atoms with Crippen molar-refractivity contribution in [3.05, 3.63) is 58.9 Å². The van der Waals surface area contributed by atoms with E-state index in [0.717, 1.165) is 16.8 Å². The molecule has 8 nitrogen and oxygen atoms in total. The SMILES string of the molecule is CC(=O)CC(=O)[C@@](O)(CO)[C@H](CCO)C[C@H]1CC(=O)c2c(O)ccc(CCc3ccccn3)c2C1. The van der Waals surface area contributed by atoms with Crippen LogP contribution < -0.4 is 0 Å². The monoisotopic (exact) mass is 483 g/mol. The van der Waals surface area contributed by atoms with Gasteiger partial charge in [0.25, 0.3) is 0 Å². The van der Waals surface area contributed by atoms with Gasteiger partial charge in [0.2, 0.25) is 0 Å². The Balaban J connectivity index is 1.86. The van der Waals surface area contributed by atoms with Gasteiger partial charge in [-0.1, -0.05) is 12.1 Å². The number of hydrogen-bond acceptors (Lipinski definition) is 8. The lowest BCUT2D eigenvalue weighted by Gasteiger charge is -2.36. The Morgan fingerprint density at radius 2 is 1.91 bits per heavy atom. The van der Waals surface area contributed by atoms with Crippen molar-refractivity contribution in [2.75, 3.05) is 13.2 Å². The van der Waals surface area contributed by atoms with Crippen LogP contribution in [0.2, 0.25) is 0 Å². The van der Waals surface area contributed by atoms with E-state index in [1.165, 1.54) is 13.0 Å². The number of rotatable bonds is 12. The molecule has 0 aliphatic heterocycles. The molecule has 3 atom stereocenters. The molecule has 3 rings (SSSR count). The number of phenolic OH excluding ortho intramolecular Hbond substituents is 1. The second kappa shape index (κ2) is 11.7. The first-order valence-corrected chi connectivity index (χ1v) is 11.9. The lowest BCUT2D eigenvalue weighted by molar-refractivity contribution is -0.152. The summed E-state index contributed by atoms with van der Waals surface area (Å²) >= 11 is 0. The Kier molecular flexibility index (Phi) is 8.88. The molecule has 1 aliphatic carbocycles. The molecule has 0 radical (unpaired) electrons. The van der Waals surface area contributed by atoms with E-state index in [-0.39, 0.29) is 43.3 Å². The fourth-order valence-electron chi connectivity index (χ4n) is 5.09. The molecular formula is C27H33NO7. The van der Waals surface area contributed by atoms with E-state index in [4.69, 9.17) is 0 Å². The molecule has 1 aromatic heterocycles.